The second-order valence-corrected chi connectivity index (χ2v) is 6.20. The van der Waals surface area contributed by atoms with Crippen molar-refractivity contribution in [1.29, 1.82) is 0 Å². The van der Waals surface area contributed by atoms with Crippen LogP contribution in [0.1, 0.15) is 25.2 Å². The molecule has 0 aromatic carbocycles. The van der Waals surface area contributed by atoms with E-state index in [9.17, 15) is 9.90 Å². The van der Waals surface area contributed by atoms with E-state index in [2.05, 4.69) is 5.10 Å². The molecule has 21 heavy (non-hydrogen) atoms. The van der Waals surface area contributed by atoms with Gasteiger partial charge < -0.3 is 20.5 Å². The second-order valence-electron chi connectivity index (χ2n) is 6.20. The number of aliphatic hydroxyl groups excluding tert-OH is 1. The Kier molecular flexibility index (Phi) is 4.25. The van der Waals surface area contributed by atoms with Crippen molar-refractivity contribution in [2.45, 2.75) is 45.9 Å². The molecule has 0 saturated carbocycles. The Morgan fingerprint density at radius 3 is 2.71 bits per heavy atom. The number of nitrogens with two attached hydrogens (primary N) is 1. The Labute approximate surface area is 124 Å². The van der Waals surface area contributed by atoms with Gasteiger partial charge in [-0.05, 0) is 27.7 Å². The number of aliphatic hydroxyl groups is 1. The second kappa shape index (κ2) is 5.65. The van der Waals surface area contributed by atoms with E-state index in [4.69, 9.17) is 10.5 Å². The molecule has 1 aliphatic heterocycles. The molecule has 0 spiro atoms. The number of hydrogen-bond acceptors (Lipinski definition) is 5. The van der Waals surface area contributed by atoms with Gasteiger partial charge >= 0.3 is 0 Å². The van der Waals surface area contributed by atoms with Crippen molar-refractivity contribution >= 4 is 11.6 Å². The normalized spacial score (nSPS) is 21.6. The number of carbonyl (C=O) groups excluding carboxylic acids is 1. The molecule has 3 N–H and O–H groups in total. The summed E-state index contributed by atoms with van der Waals surface area (Å²) in [5.74, 6) is -0.0459. The summed E-state index contributed by atoms with van der Waals surface area (Å²) in [7, 11) is 0. The largest absolute Gasteiger partial charge is 0.396 e. The number of carbonyl (C=O) groups is 1. The highest BCUT2D eigenvalue weighted by molar-refractivity contribution is 5.76. The van der Waals surface area contributed by atoms with Crippen LogP contribution in [0.3, 0.4) is 0 Å². The molecule has 118 valence electrons. The number of aryl methyl sites for hydroxylation is 1. The van der Waals surface area contributed by atoms with Gasteiger partial charge in [0, 0.05) is 13.1 Å². The van der Waals surface area contributed by atoms with E-state index in [1.54, 1.807) is 9.58 Å². The third kappa shape index (κ3) is 3.36. The summed E-state index contributed by atoms with van der Waals surface area (Å²) in [6.07, 6.45) is -0.344. The van der Waals surface area contributed by atoms with Gasteiger partial charge in [0.1, 0.15) is 6.54 Å². The Morgan fingerprint density at radius 2 is 2.19 bits per heavy atom. The minimum absolute atomic E-state index is 0.0459. The first-order valence-electron chi connectivity index (χ1n) is 7.09. The molecule has 1 aliphatic rings. The molecular weight excluding hydrogens is 272 g/mol. The van der Waals surface area contributed by atoms with Crippen molar-refractivity contribution in [2.24, 2.45) is 0 Å². The van der Waals surface area contributed by atoms with Crippen LogP contribution >= 0.6 is 0 Å². The first kappa shape index (κ1) is 15.8. The molecule has 1 aromatic heterocycles. The summed E-state index contributed by atoms with van der Waals surface area (Å²) in [4.78, 5) is 14.2. The molecule has 1 aromatic rings. The number of aromatic nitrogens is 2. The molecule has 2 heterocycles. The standard InChI is InChI=1S/C14H24N4O3/c1-9-13(15)10(2)18(16-9)6-12(20)17-5-11(7-19)21-14(3,4)8-17/h11,19H,5-8,15H2,1-4H3. The number of anilines is 1. The fraction of sp³-hybridized carbons (Fsp3) is 0.714. The fourth-order valence-corrected chi connectivity index (χ4v) is 2.67. The van der Waals surface area contributed by atoms with Crippen LogP contribution in [0.25, 0.3) is 0 Å². The van der Waals surface area contributed by atoms with Gasteiger partial charge in [-0.2, -0.15) is 5.10 Å². The zero-order chi connectivity index (χ0) is 15.8. The van der Waals surface area contributed by atoms with Crippen LogP contribution in [0.4, 0.5) is 5.69 Å². The molecule has 2 rings (SSSR count). The summed E-state index contributed by atoms with van der Waals surface area (Å²) in [6, 6.07) is 0. The van der Waals surface area contributed by atoms with Gasteiger partial charge in [-0.1, -0.05) is 0 Å². The summed E-state index contributed by atoms with van der Waals surface area (Å²) in [5, 5.41) is 13.6. The molecule has 1 unspecified atom stereocenters. The number of nitrogens with zero attached hydrogens (tertiary/aromatic N) is 3. The number of nitrogen functional groups attached to an aromatic ring is 1. The van der Waals surface area contributed by atoms with Crippen LogP contribution in [0.2, 0.25) is 0 Å². The molecule has 1 atom stereocenters. The highest BCUT2D eigenvalue weighted by Gasteiger charge is 2.35. The molecule has 7 nitrogen and oxygen atoms in total. The van der Waals surface area contributed by atoms with Gasteiger partial charge in [-0.25, -0.2) is 0 Å². The highest BCUT2D eigenvalue weighted by Crippen LogP contribution is 2.21. The van der Waals surface area contributed by atoms with Crippen LogP contribution in [0.5, 0.6) is 0 Å². The van der Waals surface area contributed by atoms with Crippen molar-refractivity contribution in [3.05, 3.63) is 11.4 Å². The fourth-order valence-electron chi connectivity index (χ4n) is 2.67. The predicted octanol–water partition coefficient (Wildman–Crippen LogP) is 0.0804. The molecule has 7 heteroatoms. The molecule has 0 bridgehead atoms. The van der Waals surface area contributed by atoms with Gasteiger partial charge in [0.05, 0.1) is 35.4 Å². The average molecular weight is 296 g/mol. The lowest BCUT2D eigenvalue weighted by Gasteiger charge is -2.42. The van der Waals surface area contributed by atoms with E-state index < -0.39 is 5.60 Å². The summed E-state index contributed by atoms with van der Waals surface area (Å²) >= 11 is 0. The maximum atomic E-state index is 12.5. The Hall–Kier alpha value is -1.60. The van der Waals surface area contributed by atoms with E-state index in [1.807, 2.05) is 27.7 Å². The van der Waals surface area contributed by atoms with Crippen molar-refractivity contribution < 1.29 is 14.6 Å². The topological polar surface area (TPSA) is 93.6 Å². The Bertz CT molecular complexity index is 539. The number of morpholine rings is 1. The van der Waals surface area contributed by atoms with E-state index >= 15 is 0 Å². The van der Waals surface area contributed by atoms with Crippen molar-refractivity contribution in [3.63, 3.8) is 0 Å². The third-order valence-electron chi connectivity index (χ3n) is 3.76. The molecule has 0 aliphatic carbocycles. The smallest absolute Gasteiger partial charge is 0.244 e. The number of ether oxygens (including phenoxy) is 1. The average Bonchev–Trinajstić information content (AvgIpc) is 2.64. The summed E-state index contributed by atoms with van der Waals surface area (Å²) < 4.78 is 7.34. The minimum Gasteiger partial charge on any atom is -0.396 e. The number of rotatable bonds is 3. The van der Waals surface area contributed by atoms with Crippen LogP contribution in [0, 0.1) is 13.8 Å². The maximum Gasteiger partial charge on any atom is 0.244 e. The molecule has 1 fully saturated rings. The zero-order valence-electron chi connectivity index (χ0n) is 13.1. The maximum absolute atomic E-state index is 12.5. The van der Waals surface area contributed by atoms with E-state index in [0.717, 1.165) is 11.4 Å². The quantitative estimate of drug-likeness (QED) is 0.824. The van der Waals surface area contributed by atoms with E-state index in [1.165, 1.54) is 0 Å². The lowest BCUT2D eigenvalue weighted by molar-refractivity contribution is -0.167. The van der Waals surface area contributed by atoms with E-state index in [0.29, 0.717) is 18.8 Å². The minimum atomic E-state index is -0.463. The van der Waals surface area contributed by atoms with Gasteiger partial charge in [-0.3, -0.25) is 9.48 Å². The first-order chi connectivity index (χ1) is 9.73. The zero-order valence-corrected chi connectivity index (χ0v) is 13.1. The lowest BCUT2D eigenvalue weighted by atomic mass is 10.1. The summed E-state index contributed by atoms with van der Waals surface area (Å²) in [5.41, 5.74) is 7.57. The van der Waals surface area contributed by atoms with Crippen LogP contribution in [-0.4, -0.2) is 57.1 Å². The van der Waals surface area contributed by atoms with Crippen LogP contribution < -0.4 is 5.73 Å². The SMILES string of the molecule is Cc1nn(CC(=O)N2CC(CO)OC(C)(C)C2)c(C)c1N. The highest BCUT2D eigenvalue weighted by atomic mass is 16.5. The van der Waals surface area contributed by atoms with Crippen molar-refractivity contribution in [2.75, 3.05) is 25.4 Å². The van der Waals surface area contributed by atoms with Crippen LogP contribution in [0.15, 0.2) is 0 Å². The van der Waals surface area contributed by atoms with Gasteiger partial charge in [-0.15, -0.1) is 0 Å². The van der Waals surface area contributed by atoms with Crippen molar-refractivity contribution in [3.8, 4) is 0 Å². The molecule has 1 saturated heterocycles. The van der Waals surface area contributed by atoms with Crippen LogP contribution in [-0.2, 0) is 16.1 Å². The van der Waals surface area contributed by atoms with Gasteiger partial charge in [0.25, 0.3) is 0 Å². The summed E-state index contributed by atoms with van der Waals surface area (Å²) in [6.45, 7) is 8.45. The third-order valence-corrected chi connectivity index (χ3v) is 3.76. The Morgan fingerprint density at radius 1 is 1.52 bits per heavy atom. The lowest BCUT2D eigenvalue weighted by Crippen LogP contribution is -2.56. The predicted molar refractivity (Wildman–Crippen MR) is 78.7 cm³/mol. The molecule has 1 amide bonds. The van der Waals surface area contributed by atoms with Gasteiger partial charge in [0.15, 0.2) is 0 Å². The molecular formula is C14H24N4O3. The van der Waals surface area contributed by atoms with E-state index in [-0.39, 0.29) is 25.2 Å². The molecule has 0 radical (unpaired) electrons. The van der Waals surface area contributed by atoms with Gasteiger partial charge in [0.2, 0.25) is 5.91 Å². The monoisotopic (exact) mass is 296 g/mol. The number of hydrogen-bond donors (Lipinski definition) is 2. The first-order valence-corrected chi connectivity index (χ1v) is 7.09. The van der Waals surface area contributed by atoms with Crippen molar-refractivity contribution in [1.82, 2.24) is 14.7 Å². The Balaban J connectivity index is 2.10. The number of amides is 1.